The van der Waals surface area contributed by atoms with E-state index in [9.17, 15) is 4.79 Å². The number of rotatable bonds is 7. The molecule has 2 atom stereocenters. The van der Waals surface area contributed by atoms with Crippen LogP contribution in [-0.2, 0) is 24.2 Å². The fraction of sp³-hybridized carbons (Fsp3) is 0.429. The Hall–Kier alpha value is -2.92. The molecule has 0 radical (unpaired) electrons. The standard InChI is InChI=1S/C28H36N4O/c1-6-32-25-16-17-31(27(28(33)29-5)23-10-8-7-9-11-23)24(26(25)21(4)30-32)15-14-22-13-12-19(2)18-20(22)3/h7-13,18,24,27H,6,14-17H2,1-5H3,(H,29,33)/t24-,27+/m0/s1. The van der Waals surface area contributed by atoms with Crippen molar-refractivity contribution in [2.75, 3.05) is 13.6 Å². The number of aryl methyl sites for hydroxylation is 5. The van der Waals surface area contributed by atoms with Crippen molar-refractivity contribution in [1.29, 1.82) is 0 Å². The van der Waals surface area contributed by atoms with E-state index in [1.165, 1.54) is 27.9 Å². The van der Waals surface area contributed by atoms with E-state index >= 15 is 0 Å². The van der Waals surface area contributed by atoms with Gasteiger partial charge in [0, 0.05) is 43.9 Å². The van der Waals surface area contributed by atoms with Gasteiger partial charge in [0.15, 0.2) is 0 Å². The number of fused-ring (bicyclic) bond motifs is 1. The SMILES string of the molecule is CCn1nc(C)c2c1CCN([C@@H](C(=O)NC)c1ccccc1)[C@H]2CCc1ccc(C)cc1C. The molecular weight excluding hydrogens is 408 g/mol. The van der Waals surface area contributed by atoms with Gasteiger partial charge in [-0.1, -0.05) is 54.1 Å². The second kappa shape index (κ2) is 9.92. The van der Waals surface area contributed by atoms with Crippen LogP contribution in [0.25, 0.3) is 0 Å². The highest BCUT2D eigenvalue weighted by molar-refractivity contribution is 5.83. The predicted octanol–water partition coefficient (Wildman–Crippen LogP) is 4.85. The lowest BCUT2D eigenvalue weighted by atomic mass is 9.88. The molecule has 1 aliphatic rings. The first-order valence-electron chi connectivity index (χ1n) is 12.1. The van der Waals surface area contributed by atoms with Crippen LogP contribution in [0, 0.1) is 20.8 Å². The number of aromatic nitrogens is 2. The van der Waals surface area contributed by atoms with Crippen molar-refractivity contribution >= 4 is 5.91 Å². The molecule has 5 heteroatoms. The van der Waals surface area contributed by atoms with E-state index < -0.39 is 0 Å². The van der Waals surface area contributed by atoms with Gasteiger partial charge in [-0.15, -0.1) is 0 Å². The van der Waals surface area contributed by atoms with Gasteiger partial charge in [0.1, 0.15) is 6.04 Å². The number of nitrogens with zero attached hydrogens (tertiary/aromatic N) is 3. The first-order chi connectivity index (χ1) is 15.9. The van der Waals surface area contributed by atoms with Gasteiger partial charge < -0.3 is 5.32 Å². The lowest BCUT2D eigenvalue weighted by molar-refractivity contribution is -0.127. The van der Waals surface area contributed by atoms with E-state index in [0.29, 0.717) is 0 Å². The molecule has 0 saturated carbocycles. The summed E-state index contributed by atoms with van der Waals surface area (Å²) in [6.45, 7) is 10.3. The molecule has 4 rings (SSSR count). The Morgan fingerprint density at radius 1 is 1.15 bits per heavy atom. The van der Waals surface area contributed by atoms with E-state index in [1.54, 1.807) is 7.05 Å². The molecule has 174 valence electrons. The predicted molar refractivity (Wildman–Crippen MR) is 133 cm³/mol. The molecule has 1 aliphatic heterocycles. The van der Waals surface area contributed by atoms with E-state index in [1.807, 2.05) is 18.2 Å². The topological polar surface area (TPSA) is 50.2 Å². The highest BCUT2D eigenvalue weighted by Crippen LogP contribution is 2.40. The summed E-state index contributed by atoms with van der Waals surface area (Å²) < 4.78 is 2.16. The number of nitrogens with one attached hydrogen (secondary N) is 1. The Kier molecular flexibility index (Phi) is 6.99. The molecule has 2 aromatic carbocycles. The maximum Gasteiger partial charge on any atom is 0.241 e. The fourth-order valence-electron chi connectivity index (χ4n) is 5.46. The number of amides is 1. The maximum atomic E-state index is 13.2. The Balaban J connectivity index is 1.75. The molecule has 1 amide bonds. The van der Waals surface area contributed by atoms with Crippen LogP contribution in [0.2, 0.25) is 0 Å². The van der Waals surface area contributed by atoms with Gasteiger partial charge in [0.2, 0.25) is 5.91 Å². The minimum atomic E-state index is -0.321. The zero-order chi connectivity index (χ0) is 23.5. The molecule has 0 bridgehead atoms. The van der Waals surface area contributed by atoms with Gasteiger partial charge in [0.25, 0.3) is 0 Å². The highest BCUT2D eigenvalue weighted by Gasteiger charge is 2.39. The van der Waals surface area contributed by atoms with E-state index in [0.717, 1.165) is 43.6 Å². The second-order valence-corrected chi connectivity index (χ2v) is 9.16. The first kappa shape index (κ1) is 23.2. The lowest BCUT2D eigenvalue weighted by Crippen LogP contribution is -2.45. The van der Waals surface area contributed by atoms with Crippen LogP contribution in [0.3, 0.4) is 0 Å². The molecular formula is C28H36N4O. The summed E-state index contributed by atoms with van der Waals surface area (Å²) in [4.78, 5) is 15.6. The molecule has 2 heterocycles. The smallest absolute Gasteiger partial charge is 0.241 e. The number of likely N-dealkylation sites (N-methyl/N-ethyl adjacent to an activating group) is 1. The normalized spacial score (nSPS) is 16.9. The number of hydrogen-bond donors (Lipinski definition) is 1. The third-order valence-corrected chi connectivity index (χ3v) is 7.05. The maximum absolute atomic E-state index is 13.2. The molecule has 0 saturated heterocycles. The summed E-state index contributed by atoms with van der Waals surface area (Å²) in [5, 5.41) is 7.79. The van der Waals surface area contributed by atoms with Crippen LogP contribution >= 0.6 is 0 Å². The van der Waals surface area contributed by atoms with E-state index in [2.05, 4.69) is 72.9 Å². The number of hydrogen-bond acceptors (Lipinski definition) is 3. The van der Waals surface area contributed by atoms with Gasteiger partial charge in [0.05, 0.1) is 5.69 Å². The molecule has 33 heavy (non-hydrogen) atoms. The Morgan fingerprint density at radius 2 is 1.91 bits per heavy atom. The summed E-state index contributed by atoms with van der Waals surface area (Å²) in [7, 11) is 1.73. The van der Waals surface area contributed by atoms with Crippen molar-refractivity contribution in [2.24, 2.45) is 0 Å². The lowest BCUT2D eigenvalue weighted by Gasteiger charge is -2.41. The molecule has 0 unspecified atom stereocenters. The Labute approximate surface area is 197 Å². The summed E-state index contributed by atoms with van der Waals surface area (Å²) in [5.74, 6) is 0.0432. The zero-order valence-corrected chi connectivity index (χ0v) is 20.6. The third-order valence-electron chi connectivity index (χ3n) is 7.05. The third kappa shape index (κ3) is 4.60. The van der Waals surface area contributed by atoms with Crippen molar-refractivity contribution in [3.63, 3.8) is 0 Å². The molecule has 0 aliphatic carbocycles. The van der Waals surface area contributed by atoms with Crippen LogP contribution in [-0.4, -0.2) is 34.2 Å². The van der Waals surface area contributed by atoms with Gasteiger partial charge in [-0.05, 0) is 57.2 Å². The van der Waals surface area contributed by atoms with Crippen molar-refractivity contribution in [2.45, 2.75) is 65.6 Å². The summed E-state index contributed by atoms with van der Waals surface area (Å²) in [6.07, 6.45) is 2.83. The van der Waals surface area contributed by atoms with Crippen LogP contribution in [0.15, 0.2) is 48.5 Å². The van der Waals surface area contributed by atoms with E-state index in [4.69, 9.17) is 5.10 Å². The minimum absolute atomic E-state index is 0.0432. The van der Waals surface area contributed by atoms with Gasteiger partial charge in [-0.2, -0.15) is 5.10 Å². The van der Waals surface area contributed by atoms with Gasteiger partial charge >= 0.3 is 0 Å². The molecule has 3 aromatic rings. The average molecular weight is 445 g/mol. The van der Waals surface area contributed by atoms with Gasteiger partial charge in [-0.25, -0.2) is 0 Å². The Bertz CT molecular complexity index is 1120. The highest BCUT2D eigenvalue weighted by atomic mass is 16.2. The van der Waals surface area contributed by atoms with Gasteiger partial charge in [-0.3, -0.25) is 14.4 Å². The van der Waals surface area contributed by atoms with Crippen molar-refractivity contribution < 1.29 is 4.79 Å². The van der Waals surface area contributed by atoms with Crippen LogP contribution in [0.5, 0.6) is 0 Å². The summed E-state index contributed by atoms with van der Waals surface area (Å²) in [5.41, 5.74) is 8.79. The largest absolute Gasteiger partial charge is 0.358 e. The summed E-state index contributed by atoms with van der Waals surface area (Å²) in [6, 6.07) is 16.7. The number of carbonyl (C=O) groups excluding carboxylic acids is 1. The van der Waals surface area contributed by atoms with Crippen LogP contribution in [0.1, 0.15) is 64.6 Å². The molecule has 0 fully saturated rings. The molecule has 1 N–H and O–H groups in total. The quantitative estimate of drug-likeness (QED) is 0.567. The second-order valence-electron chi connectivity index (χ2n) is 9.16. The molecule has 1 aromatic heterocycles. The monoisotopic (exact) mass is 444 g/mol. The molecule has 0 spiro atoms. The van der Waals surface area contributed by atoms with Crippen molar-refractivity contribution in [3.8, 4) is 0 Å². The van der Waals surface area contributed by atoms with Crippen LogP contribution < -0.4 is 5.32 Å². The van der Waals surface area contributed by atoms with Crippen LogP contribution in [0.4, 0.5) is 0 Å². The van der Waals surface area contributed by atoms with Crippen molar-refractivity contribution in [3.05, 3.63) is 87.7 Å². The minimum Gasteiger partial charge on any atom is -0.358 e. The zero-order valence-electron chi connectivity index (χ0n) is 20.6. The van der Waals surface area contributed by atoms with Crippen molar-refractivity contribution in [1.82, 2.24) is 20.0 Å². The average Bonchev–Trinajstić information content (AvgIpc) is 3.15. The van der Waals surface area contributed by atoms with E-state index in [-0.39, 0.29) is 18.0 Å². The number of benzene rings is 2. The first-order valence-corrected chi connectivity index (χ1v) is 12.1. The fourth-order valence-corrected chi connectivity index (χ4v) is 5.46. The summed E-state index contributed by atoms with van der Waals surface area (Å²) >= 11 is 0. The number of carbonyl (C=O) groups is 1. The Morgan fingerprint density at radius 3 is 2.58 bits per heavy atom. The molecule has 5 nitrogen and oxygen atoms in total.